The van der Waals surface area contributed by atoms with Crippen LogP contribution < -0.4 is 5.32 Å². The zero-order valence-corrected chi connectivity index (χ0v) is 9.88. The molecule has 0 fully saturated rings. The van der Waals surface area contributed by atoms with Crippen molar-refractivity contribution in [2.24, 2.45) is 0 Å². The molecule has 6 heteroatoms. The third-order valence-electron chi connectivity index (χ3n) is 2.40. The number of aromatic nitrogens is 1. The van der Waals surface area contributed by atoms with E-state index in [-0.39, 0.29) is 17.3 Å². The van der Waals surface area contributed by atoms with E-state index in [1.165, 1.54) is 6.07 Å². The molecule has 18 heavy (non-hydrogen) atoms. The number of nitrogens with zero attached hydrogens (tertiary/aromatic N) is 3. The number of pyridine rings is 1. The van der Waals surface area contributed by atoms with Gasteiger partial charge >= 0.3 is 0 Å². The predicted molar refractivity (Wildman–Crippen MR) is 66.8 cm³/mol. The Morgan fingerprint density at radius 3 is 2.94 bits per heavy atom. The van der Waals surface area contributed by atoms with Crippen LogP contribution in [0.25, 0.3) is 0 Å². The fourth-order valence-electron chi connectivity index (χ4n) is 1.39. The fraction of sp³-hybridized carbons (Fsp3) is 0.333. The van der Waals surface area contributed by atoms with Gasteiger partial charge in [-0.2, -0.15) is 5.26 Å². The Labute approximate surface area is 105 Å². The van der Waals surface area contributed by atoms with Crippen LogP contribution in [0.1, 0.15) is 25.3 Å². The zero-order chi connectivity index (χ0) is 13.5. The van der Waals surface area contributed by atoms with Crippen molar-refractivity contribution in [1.29, 1.82) is 5.26 Å². The second-order valence-electron chi connectivity index (χ2n) is 3.62. The van der Waals surface area contributed by atoms with Crippen molar-refractivity contribution in [1.82, 2.24) is 4.98 Å². The normalized spacial score (nSPS) is 11.1. The van der Waals surface area contributed by atoms with E-state index >= 15 is 0 Å². The van der Waals surface area contributed by atoms with Crippen LogP contribution in [0.4, 0.5) is 11.5 Å². The van der Waals surface area contributed by atoms with Gasteiger partial charge in [0.1, 0.15) is 23.6 Å². The van der Waals surface area contributed by atoms with Crippen molar-refractivity contribution in [3.05, 3.63) is 27.9 Å². The lowest BCUT2D eigenvalue weighted by atomic mass is 10.1. The highest BCUT2D eigenvalue weighted by atomic mass is 16.6. The number of terminal acetylenes is 1. The minimum absolute atomic E-state index is 0.00365. The summed E-state index contributed by atoms with van der Waals surface area (Å²) in [5.41, 5.74) is -0.0678. The van der Waals surface area contributed by atoms with Gasteiger partial charge in [-0.3, -0.25) is 10.1 Å². The largest absolute Gasteiger partial charge is 0.365 e. The zero-order valence-electron chi connectivity index (χ0n) is 9.88. The second kappa shape index (κ2) is 6.21. The van der Waals surface area contributed by atoms with Crippen molar-refractivity contribution in [2.45, 2.75) is 25.8 Å². The first-order valence-electron chi connectivity index (χ1n) is 5.36. The van der Waals surface area contributed by atoms with Gasteiger partial charge in [-0.1, -0.05) is 6.92 Å². The number of hydrogen-bond acceptors (Lipinski definition) is 5. The minimum Gasteiger partial charge on any atom is -0.365 e. The molecule has 0 saturated heterocycles. The first kappa shape index (κ1) is 13.5. The average Bonchev–Trinajstić information content (AvgIpc) is 2.38. The molecule has 0 bridgehead atoms. The van der Waals surface area contributed by atoms with Gasteiger partial charge in [0.15, 0.2) is 0 Å². The maximum Gasteiger partial charge on any atom is 0.289 e. The highest BCUT2D eigenvalue weighted by Gasteiger charge is 2.14. The molecule has 92 valence electrons. The first-order chi connectivity index (χ1) is 8.62. The molecule has 1 atom stereocenters. The Balaban J connectivity index is 3.00. The van der Waals surface area contributed by atoms with Gasteiger partial charge in [-0.25, -0.2) is 4.98 Å². The lowest BCUT2D eigenvalue weighted by Gasteiger charge is -2.15. The summed E-state index contributed by atoms with van der Waals surface area (Å²) < 4.78 is 0. The van der Waals surface area contributed by atoms with Crippen molar-refractivity contribution in [2.75, 3.05) is 5.32 Å². The van der Waals surface area contributed by atoms with Gasteiger partial charge in [0.05, 0.1) is 4.92 Å². The number of rotatable bonds is 5. The SMILES string of the molecule is C#CCC(CC)Nc1ncc([N+](=O)[O-])cc1C#N. The molecule has 1 aromatic rings. The van der Waals surface area contributed by atoms with E-state index in [0.29, 0.717) is 12.2 Å². The molecule has 1 aromatic heterocycles. The lowest BCUT2D eigenvalue weighted by molar-refractivity contribution is -0.385. The van der Waals surface area contributed by atoms with Gasteiger partial charge in [-0.15, -0.1) is 12.3 Å². The van der Waals surface area contributed by atoms with Crippen LogP contribution in [-0.2, 0) is 0 Å². The van der Waals surface area contributed by atoms with Crippen LogP contribution >= 0.6 is 0 Å². The standard InChI is InChI=1S/C12H12N4O2/c1-3-5-10(4-2)15-12-9(7-13)6-11(8-14-12)16(17)18/h1,6,8,10H,4-5H2,2H3,(H,14,15). The Hall–Kier alpha value is -2.60. The summed E-state index contributed by atoms with van der Waals surface area (Å²) in [5, 5.41) is 22.5. The number of hydrogen-bond donors (Lipinski definition) is 1. The second-order valence-corrected chi connectivity index (χ2v) is 3.62. The average molecular weight is 244 g/mol. The molecular formula is C12H12N4O2. The van der Waals surface area contributed by atoms with Gasteiger partial charge < -0.3 is 5.32 Å². The minimum atomic E-state index is -0.587. The molecule has 1 rings (SSSR count). The van der Waals surface area contributed by atoms with Crippen molar-refractivity contribution in [3.63, 3.8) is 0 Å². The van der Waals surface area contributed by atoms with Gasteiger partial charge in [0.2, 0.25) is 0 Å². The van der Waals surface area contributed by atoms with Crippen LogP contribution in [0.3, 0.4) is 0 Å². The Morgan fingerprint density at radius 1 is 1.72 bits per heavy atom. The molecule has 0 aliphatic heterocycles. The molecular weight excluding hydrogens is 232 g/mol. The summed E-state index contributed by atoms with van der Waals surface area (Å²) in [6, 6.07) is 3.07. The van der Waals surface area contributed by atoms with Crippen LogP contribution in [0.5, 0.6) is 0 Å². The predicted octanol–water partition coefficient (Wildman–Crippen LogP) is 2.08. The molecule has 0 aliphatic rings. The van der Waals surface area contributed by atoms with Gasteiger partial charge in [0.25, 0.3) is 5.69 Å². The van der Waals surface area contributed by atoms with E-state index in [0.717, 1.165) is 12.6 Å². The molecule has 1 unspecified atom stereocenters. The van der Waals surface area contributed by atoms with E-state index < -0.39 is 4.92 Å². The maximum atomic E-state index is 10.6. The van der Waals surface area contributed by atoms with Crippen LogP contribution in [0.2, 0.25) is 0 Å². The summed E-state index contributed by atoms with van der Waals surface area (Å²) in [6.45, 7) is 1.95. The first-order valence-corrected chi connectivity index (χ1v) is 5.36. The van der Waals surface area contributed by atoms with Crippen molar-refractivity contribution < 1.29 is 4.92 Å². The maximum absolute atomic E-state index is 10.6. The van der Waals surface area contributed by atoms with E-state index in [4.69, 9.17) is 11.7 Å². The third kappa shape index (κ3) is 3.19. The lowest BCUT2D eigenvalue weighted by Crippen LogP contribution is -2.19. The summed E-state index contributed by atoms with van der Waals surface area (Å²) in [7, 11) is 0. The monoisotopic (exact) mass is 244 g/mol. The molecule has 0 saturated carbocycles. The Morgan fingerprint density at radius 2 is 2.44 bits per heavy atom. The molecule has 1 N–H and O–H groups in total. The summed E-state index contributed by atoms with van der Waals surface area (Å²) in [6.07, 6.45) is 7.62. The molecule has 0 radical (unpaired) electrons. The smallest absolute Gasteiger partial charge is 0.289 e. The number of nitriles is 1. The summed E-state index contributed by atoms with van der Waals surface area (Å²) >= 11 is 0. The topological polar surface area (TPSA) is 91.8 Å². The summed E-state index contributed by atoms with van der Waals surface area (Å²) in [4.78, 5) is 13.9. The Kier molecular flexibility index (Phi) is 4.65. The molecule has 0 amide bonds. The van der Waals surface area contributed by atoms with Gasteiger partial charge in [-0.05, 0) is 6.42 Å². The molecule has 1 heterocycles. The van der Waals surface area contributed by atoms with Crippen LogP contribution in [-0.4, -0.2) is 15.9 Å². The van der Waals surface area contributed by atoms with Crippen molar-refractivity contribution in [3.8, 4) is 18.4 Å². The van der Waals surface area contributed by atoms with Crippen LogP contribution in [0.15, 0.2) is 12.3 Å². The highest BCUT2D eigenvalue weighted by Crippen LogP contribution is 2.19. The highest BCUT2D eigenvalue weighted by molar-refractivity contribution is 5.56. The van der Waals surface area contributed by atoms with E-state index in [9.17, 15) is 10.1 Å². The fourth-order valence-corrected chi connectivity index (χ4v) is 1.39. The molecule has 0 aromatic carbocycles. The van der Waals surface area contributed by atoms with Crippen LogP contribution in [0, 0.1) is 33.8 Å². The van der Waals surface area contributed by atoms with E-state index in [1.54, 1.807) is 0 Å². The molecule has 6 nitrogen and oxygen atoms in total. The Bertz CT molecular complexity index is 528. The van der Waals surface area contributed by atoms with Gasteiger partial charge in [0, 0.05) is 18.5 Å². The van der Waals surface area contributed by atoms with Crippen molar-refractivity contribution >= 4 is 11.5 Å². The number of anilines is 1. The number of nitrogens with one attached hydrogen (secondary N) is 1. The third-order valence-corrected chi connectivity index (χ3v) is 2.40. The number of nitro groups is 1. The molecule has 0 spiro atoms. The van der Waals surface area contributed by atoms with E-state index in [2.05, 4.69) is 16.2 Å². The van der Waals surface area contributed by atoms with E-state index in [1.807, 2.05) is 13.0 Å². The quantitative estimate of drug-likeness (QED) is 0.486. The molecule has 0 aliphatic carbocycles. The summed E-state index contributed by atoms with van der Waals surface area (Å²) in [5.74, 6) is 2.85.